The van der Waals surface area contributed by atoms with Crippen molar-refractivity contribution in [2.75, 3.05) is 0 Å². The van der Waals surface area contributed by atoms with Crippen LogP contribution in [0.25, 0.3) is 0 Å². The van der Waals surface area contributed by atoms with Crippen LogP contribution in [0.2, 0.25) is 0 Å². The topological polar surface area (TPSA) is 22.1 Å². The van der Waals surface area contributed by atoms with Gasteiger partial charge in [-0.2, -0.15) is 0 Å². The minimum Gasteiger partial charge on any atom is -0.455 e. The van der Waals surface area contributed by atoms with Gasteiger partial charge in [0.15, 0.2) is 0 Å². The van der Waals surface area contributed by atoms with Crippen LogP contribution in [0.3, 0.4) is 0 Å². The molecule has 100 valence electrons. The monoisotopic (exact) mass is 275 g/mol. The number of pyridine rings is 1. The molecule has 0 amide bonds. The first-order valence-electron chi connectivity index (χ1n) is 6.44. The van der Waals surface area contributed by atoms with Crippen LogP contribution in [0.5, 0.6) is 11.5 Å². The van der Waals surface area contributed by atoms with Gasteiger partial charge in [-0.05, 0) is 38.5 Å². The van der Waals surface area contributed by atoms with Crippen LogP contribution >= 0.6 is 11.6 Å². The largest absolute Gasteiger partial charge is 0.455 e. The van der Waals surface area contributed by atoms with Crippen LogP contribution in [0, 0.1) is 13.8 Å². The van der Waals surface area contributed by atoms with E-state index in [1.165, 1.54) is 5.56 Å². The van der Waals surface area contributed by atoms with Crippen LogP contribution in [0.15, 0.2) is 30.3 Å². The summed E-state index contributed by atoms with van der Waals surface area (Å²) < 4.78 is 5.99. The van der Waals surface area contributed by atoms with Crippen molar-refractivity contribution in [1.82, 2.24) is 4.98 Å². The van der Waals surface area contributed by atoms with Gasteiger partial charge in [0.05, 0.1) is 11.6 Å². The van der Waals surface area contributed by atoms with E-state index >= 15 is 0 Å². The van der Waals surface area contributed by atoms with E-state index in [1.54, 1.807) is 0 Å². The average molecular weight is 276 g/mol. The summed E-state index contributed by atoms with van der Waals surface area (Å²) in [6.07, 6.45) is 0.846. The molecule has 19 heavy (non-hydrogen) atoms. The minimum absolute atomic E-state index is 0.442. The molecule has 0 radical (unpaired) electrons. The van der Waals surface area contributed by atoms with Crippen LogP contribution in [-0.2, 0) is 12.3 Å². The number of benzene rings is 1. The van der Waals surface area contributed by atoms with Crippen molar-refractivity contribution in [3.8, 4) is 11.5 Å². The number of hydrogen-bond donors (Lipinski definition) is 0. The van der Waals surface area contributed by atoms with Crippen LogP contribution < -0.4 is 4.74 Å². The molecule has 1 aromatic carbocycles. The minimum atomic E-state index is 0.442. The van der Waals surface area contributed by atoms with Crippen molar-refractivity contribution >= 4 is 11.6 Å². The molecule has 2 rings (SSSR count). The summed E-state index contributed by atoms with van der Waals surface area (Å²) in [5.74, 6) is 2.06. The lowest BCUT2D eigenvalue weighted by molar-refractivity contribution is 0.468. The highest BCUT2D eigenvalue weighted by Crippen LogP contribution is 2.29. The highest BCUT2D eigenvalue weighted by molar-refractivity contribution is 6.17. The van der Waals surface area contributed by atoms with E-state index in [0.29, 0.717) is 5.88 Å². The Balaban J connectivity index is 2.36. The number of halogens is 1. The number of nitrogens with zero attached hydrogens (tertiary/aromatic N) is 1. The number of hydrogen-bond acceptors (Lipinski definition) is 2. The molecule has 0 aliphatic rings. The SMILES string of the molecule is CCc1nc(C)ccc1Oc1ccc(C)cc1CCl. The zero-order valence-electron chi connectivity index (χ0n) is 11.5. The maximum Gasteiger partial charge on any atom is 0.148 e. The molecule has 0 bridgehead atoms. The Morgan fingerprint density at radius 1 is 1.11 bits per heavy atom. The van der Waals surface area contributed by atoms with Crippen molar-refractivity contribution in [3.05, 3.63) is 52.8 Å². The molecule has 0 unspecified atom stereocenters. The number of aromatic nitrogens is 1. The van der Waals surface area contributed by atoms with E-state index in [0.717, 1.165) is 34.9 Å². The maximum atomic E-state index is 5.99. The van der Waals surface area contributed by atoms with Gasteiger partial charge in [0.2, 0.25) is 0 Å². The second-order valence-corrected chi connectivity index (χ2v) is 4.87. The fourth-order valence-corrected chi connectivity index (χ4v) is 2.18. The molecule has 3 heteroatoms. The third-order valence-electron chi connectivity index (χ3n) is 2.99. The lowest BCUT2D eigenvalue weighted by Crippen LogP contribution is -1.97. The Labute approximate surface area is 119 Å². The summed E-state index contributed by atoms with van der Waals surface area (Å²) in [5.41, 5.74) is 4.16. The summed E-state index contributed by atoms with van der Waals surface area (Å²) >= 11 is 5.97. The third-order valence-corrected chi connectivity index (χ3v) is 3.27. The van der Waals surface area contributed by atoms with Gasteiger partial charge in [-0.25, -0.2) is 0 Å². The van der Waals surface area contributed by atoms with Gasteiger partial charge in [-0.15, -0.1) is 11.6 Å². The molecular weight excluding hydrogens is 258 g/mol. The van der Waals surface area contributed by atoms with Crippen molar-refractivity contribution in [1.29, 1.82) is 0 Å². The molecular formula is C16H18ClNO. The quantitative estimate of drug-likeness (QED) is 0.748. The van der Waals surface area contributed by atoms with Crippen LogP contribution in [0.4, 0.5) is 0 Å². The molecule has 2 nitrogen and oxygen atoms in total. The van der Waals surface area contributed by atoms with Gasteiger partial charge < -0.3 is 4.74 Å². The summed E-state index contributed by atoms with van der Waals surface area (Å²) in [7, 11) is 0. The highest BCUT2D eigenvalue weighted by Gasteiger charge is 2.09. The van der Waals surface area contributed by atoms with Crippen molar-refractivity contribution in [3.63, 3.8) is 0 Å². The number of alkyl halides is 1. The fraction of sp³-hybridized carbons (Fsp3) is 0.312. The molecule has 1 heterocycles. The van der Waals surface area contributed by atoms with Crippen LogP contribution in [-0.4, -0.2) is 4.98 Å². The molecule has 2 aromatic rings. The second kappa shape index (κ2) is 6.07. The average Bonchev–Trinajstić information content (AvgIpc) is 2.42. The van der Waals surface area contributed by atoms with Gasteiger partial charge in [-0.3, -0.25) is 4.98 Å². The van der Waals surface area contributed by atoms with E-state index in [2.05, 4.69) is 18.0 Å². The van der Waals surface area contributed by atoms with Crippen LogP contribution in [0.1, 0.15) is 29.4 Å². The molecule has 0 aliphatic carbocycles. The normalized spacial score (nSPS) is 10.5. The van der Waals surface area contributed by atoms with E-state index in [1.807, 2.05) is 38.1 Å². The molecule has 1 aromatic heterocycles. The summed E-state index contributed by atoms with van der Waals surface area (Å²) in [4.78, 5) is 4.50. The maximum absolute atomic E-state index is 5.99. The number of aryl methyl sites for hydroxylation is 3. The van der Waals surface area contributed by atoms with Crippen molar-refractivity contribution < 1.29 is 4.74 Å². The summed E-state index contributed by atoms with van der Waals surface area (Å²) in [6, 6.07) is 9.97. The van der Waals surface area contributed by atoms with E-state index < -0.39 is 0 Å². The molecule has 0 spiro atoms. The van der Waals surface area contributed by atoms with Gasteiger partial charge in [0.1, 0.15) is 11.5 Å². The summed E-state index contributed by atoms with van der Waals surface area (Å²) in [5, 5.41) is 0. The van der Waals surface area contributed by atoms with E-state index in [9.17, 15) is 0 Å². The smallest absolute Gasteiger partial charge is 0.148 e. The third kappa shape index (κ3) is 3.27. The number of rotatable bonds is 4. The standard InChI is InChI=1S/C16H18ClNO/c1-4-14-16(8-6-12(3)18-14)19-15-7-5-11(2)9-13(15)10-17/h5-9H,4,10H2,1-3H3. The van der Waals surface area contributed by atoms with Crippen molar-refractivity contribution in [2.24, 2.45) is 0 Å². The first-order chi connectivity index (χ1) is 9.13. The van der Waals surface area contributed by atoms with Gasteiger partial charge in [-0.1, -0.05) is 24.6 Å². The fourth-order valence-electron chi connectivity index (χ4n) is 1.97. The summed E-state index contributed by atoms with van der Waals surface area (Å²) in [6.45, 7) is 6.11. The molecule has 0 aliphatic heterocycles. The van der Waals surface area contributed by atoms with Crippen molar-refractivity contribution in [2.45, 2.75) is 33.1 Å². The first-order valence-corrected chi connectivity index (χ1v) is 6.97. The Bertz CT molecular complexity index is 529. The predicted molar refractivity (Wildman–Crippen MR) is 79.2 cm³/mol. The second-order valence-electron chi connectivity index (χ2n) is 4.60. The molecule has 0 saturated heterocycles. The zero-order chi connectivity index (χ0) is 13.8. The Hall–Kier alpha value is -1.54. The van der Waals surface area contributed by atoms with Gasteiger partial charge in [0, 0.05) is 11.3 Å². The lowest BCUT2D eigenvalue weighted by atomic mass is 10.1. The predicted octanol–water partition coefficient (Wildman–Crippen LogP) is 4.79. The lowest BCUT2D eigenvalue weighted by Gasteiger charge is -2.13. The van der Waals surface area contributed by atoms with E-state index in [-0.39, 0.29) is 0 Å². The Morgan fingerprint density at radius 2 is 1.84 bits per heavy atom. The Kier molecular flexibility index (Phi) is 4.43. The highest BCUT2D eigenvalue weighted by atomic mass is 35.5. The molecule has 0 fully saturated rings. The molecule has 0 N–H and O–H groups in total. The van der Waals surface area contributed by atoms with E-state index in [4.69, 9.17) is 16.3 Å². The first kappa shape index (κ1) is 13.9. The zero-order valence-corrected chi connectivity index (χ0v) is 12.3. The van der Waals surface area contributed by atoms with Gasteiger partial charge >= 0.3 is 0 Å². The molecule has 0 atom stereocenters. The van der Waals surface area contributed by atoms with Gasteiger partial charge in [0.25, 0.3) is 0 Å². The molecule has 0 saturated carbocycles. The Morgan fingerprint density at radius 3 is 2.53 bits per heavy atom. The number of ether oxygens (including phenoxy) is 1.